The molecule has 138 valence electrons. The Morgan fingerprint density at radius 3 is 2.33 bits per heavy atom. The third-order valence-corrected chi connectivity index (χ3v) is 6.50. The molecular weight excluding hydrogens is 302 g/mol. The van der Waals surface area contributed by atoms with Crippen LogP contribution in [0, 0.1) is 11.8 Å². The van der Waals surface area contributed by atoms with Gasteiger partial charge in [0.1, 0.15) is 0 Å². The van der Waals surface area contributed by atoms with Crippen molar-refractivity contribution in [3.05, 3.63) is 0 Å². The highest BCUT2D eigenvalue weighted by Crippen LogP contribution is 2.29. The van der Waals surface area contributed by atoms with Gasteiger partial charge >= 0.3 is 0 Å². The summed E-state index contributed by atoms with van der Waals surface area (Å²) < 4.78 is 0. The fourth-order valence-electron chi connectivity index (χ4n) is 4.59. The molecule has 1 amide bonds. The Kier molecular flexibility index (Phi) is 5.83. The maximum atomic E-state index is 12.8. The van der Waals surface area contributed by atoms with Crippen LogP contribution < -0.4 is 0 Å². The minimum absolute atomic E-state index is 0.0151. The number of amides is 1. The van der Waals surface area contributed by atoms with Crippen molar-refractivity contribution >= 4 is 5.91 Å². The van der Waals surface area contributed by atoms with Gasteiger partial charge in [0.2, 0.25) is 5.91 Å². The summed E-state index contributed by atoms with van der Waals surface area (Å²) in [4.78, 5) is 19.7. The van der Waals surface area contributed by atoms with Crippen LogP contribution in [-0.4, -0.2) is 83.2 Å². The molecule has 0 bridgehead atoms. The van der Waals surface area contributed by atoms with Crippen LogP contribution in [0.1, 0.15) is 46.5 Å². The zero-order valence-electron chi connectivity index (χ0n) is 15.7. The van der Waals surface area contributed by atoms with Crippen LogP contribution >= 0.6 is 0 Å². The Bertz CT molecular complexity index is 428. The molecule has 24 heavy (non-hydrogen) atoms. The first-order valence-corrected chi connectivity index (χ1v) is 9.89. The normalized spacial score (nSPS) is 33.7. The third-order valence-electron chi connectivity index (χ3n) is 6.50. The lowest BCUT2D eigenvalue weighted by Gasteiger charge is -2.48. The number of nitrogens with zero attached hydrogens (tertiary/aromatic N) is 3. The van der Waals surface area contributed by atoms with E-state index in [0.717, 1.165) is 38.6 Å². The van der Waals surface area contributed by atoms with Gasteiger partial charge in [-0.25, -0.2) is 0 Å². The fourth-order valence-corrected chi connectivity index (χ4v) is 4.59. The lowest BCUT2D eigenvalue weighted by molar-refractivity contribution is -0.149. The van der Waals surface area contributed by atoms with Gasteiger partial charge in [-0.3, -0.25) is 14.6 Å². The van der Waals surface area contributed by atoms with E-state index in [1.807, 2.05) is 4.90 Å². The van der Waals surface area contributed by atoms with E-state index in [0.29, 0.717) is 12.1 Å². The number of hydrogen-bond donors (Lipinski definition) is 1. The van der Waals surface area contributed by atoms with Crippen LogP contribution in [0.2, 0.25) is 0 Å². The zero-order chi connectivity index (χ0) is 17.3. The highest BCUT2D eigenvalue weighted by molar-refractivity contribution is 5.80. The summed E-state index contributed by atoms with van der Waals surface area (Å²) >= 11 is 0. The number of likely N-dealkylation sites (tertiary alicyclic amines) is 1. The molecule has 1 atom stereocenters. The molecule has 0 aromatic carbocycles. The first-order valence-electron chi connectivity index (χ1n) is 9.89. The predicted octanol–water partition coefficient (Wildman–Crippen LogP) is 1.41. The molecule has 3 fully saturated rings. The second-order valence-corrected chi connectivity index (χ2v) is 8.52. The van der Waals surface area contributed by atoms with Gasteiger partial charge in [0.15, 0.2) is 0 Å². The molecule has 2 aliphatic heterocycles. The van der Waals surface area contributed by atoms with Gasteiger partial charge in [-0.1, -0.05) is 6.92 Å². The molecule has 1 unspecified atom stereocenters. The Morgan fingerprint density at radius 1 is 1.08 bits per heavy atom. The predicted molar refractivity (Wildman–Crippen MR) is 95.8 cm³/mol. The Labute approximate surface area is 147 Å². The van der Waals surface area contributed by atoms with Crippen molar-refractivity contribution in [3.8, 4) is 0 Å². The van der Waals surface area contributed by atoms with Crippen molar-refractivity contribution in [1.82, 2.24) is 14.7 Å². The molecule has 3 rings (SSSR count). The van der Waals surface area contributed by atoms with Crippen molar-refractivity contribution in [2.75, 3.05) is 39.3 Å². The molecule has 5 heteroatoms. The van der Waals surface area contributed by atoms with Gasteiger partial charge in [-0.2, -0.15) is 0 Å². The summed E-state index contributed by atoms with van der Waals surface area (Å²) in [6.07, 6.45) is 5.19. The third kappa shape index (κ3) is 3.78. The van der Waals surface area contributed by atoms with Crippen molar-refractivity contribution < 1.29 is 9.90 Å². The highest BCUT2D eigenvalue weighted by atomic mass is 16.3. The minimum atomic E-state index is -0.0151. The van der Waals surface area contributed by atoms with Crippen LogP contribution in [0.5, 0.6) is 0 Å². The molecule has 1 saturated carbocycles. The van der Waals surface area contributed by atoms with Gasteiger partial charge in [0.25, 0.3) is 0 Å². The molecule has 3 aliphatic rings. The highest BCUT2D eigenvalue weighted by Gasteiger charge is 2.40. The first kappa shape index (κ1) is 18.2. The summed E-state index contributed by atoms with van der Waals surface area (Å²) in [6, 6.07) is 1.17. The molecule has 2 saturated heterocycles. The zero-order valence-corrected chi connectivity index (χ0v) is 15.7. The molecule has 2 heterocycles. The Balaban J connectivity index is 1.53. The fraction of sp³-hybridized carbons (Fsp3) is 0.947. The van der Waals surface area contributed by atoms with E-state index >= 15 is 0 Å². The number of aliphatic hydroxyl groups excluding tert-OH is 1. The largest absolute Gasteiger partial charge is 0.394 e. The maximum absolute atomic E-state index is 12.8. The van der Waals surface area contributed by atoms with Crippen LogP contribution in [0.25, 0.3) is 0 Å². The summed E-state index contributed by atoms with van der Waals surface area (Å²) in [5, 5.41) is 9.85. The first-order chi connectivity index (χ1) is 11.5. The molecule has 1 aliphatic carbocycles. The van der Waals surface area contributed by atoms with Crippen molar-refractivity contribution in [2.45, 2.75) is 64.6 Å². The van der Waals surface area contributed by atoms with Crippen molar-refractivity contribution in [2.24, 2.45) is 11.8 Å². The van der Waals surface area contributed by atoms with E-state index in [4.69, 9.17) is 0 Å². The molecule has 0 aromatic heterocycles. The minimum Gasteiger partial charge on any atom is -0.394 e. The van der Waals surface area contributed by atoms with Crippen LogP contribution in [0.15, 0.2) is 0 Å². The molecule has 5 nitrogen and oxygen atoms in total. The quantitative estimate of drug-likeness (QED) is 0.843. The summed E-state index contributed by atoms with van der Waals surface area (Å²) in [5.41, 5.74) is 0. The number of carbonyl (C=O) groups is 1. The van der Waals surface area contributed by atoms with E-state index in [-0.39, 0.29) is 24.5 Å². The van der Waals surface area contributed by atoms with Gasteiger partial charge in [-0.15, -0.1) is 0 Å². The van der Waals surface area contributed by atoms with Crippen LogP contribution in [0.4, 0.5) is 0 Å². The number of carbonyl (C=O) groups excluding carboxylic acids is 1. The molecule has 1 N–H and O–H groups in total. The summed E-state index contributed by atoms with van der Waals surface area (Å²) in [6.45, 7) is 11.2. The Hall–Kier alpha value is -0.650. The van der Waals surface area contributed by atoms with E-state index in [1.165, 1.54) is 25.7 Å². The van der Waals surface area contributed by atoms with E-state index < -0.39 is 0 Å². The summed E-state index contributed by atoms with van der Waals surface area (Å²) in [7, 11) is 0. The van der Waals surface area contributed by atoms with Crippen molar-refractivity contribution in [1.29, 1.82) is 0 Å². The van der Waals surface area contributed by atoms with Gasteiger partial charge < -0.3 is 10.0 Å². The second kappa shape index (κ2) is 7.71. The smallest absolute Gasteiger partial charge is 0.228 e. The average Bonchev–Trinajstić information content (AvgIpc) is 2.53. The van der Waals surface area contributed by atoms with Crippen LogP contribution in [-0.2, 0) is 4.79 Å². The van der Waals surface area contributed by atoms with Crippen molar-refractivity contribution in [3.63, 3.8) is 0 Å². The molecular formula is C19H35N3O2. The number of piperazine rings is 1. The molecule has 0 spiro atoms. The number of hydrogen-bond acceptors (Lipinski definition) is 4. The van der Waals surface area contributed by atoms with Gasteiger partial charge in [0.05, 0.1) is 18.6 Å². The van der Waals surface area contributed by atoms with Gasteiger partial charge in [0, 0.05) is 44.8 Å². The lowest BCUT2D eigenvalue weighted by atomic mass is 9.86. The number of aliphatic hydroxyl groups is 1. The number of rotatable bonds is 4. The monoisotopic (exact) mass is 337 g/mol. The van der Waals surface area contributed by atoms with Gasteiger partial charge in [-0.05, 0) is 45.4 Å². The molecule has 0 aromatic rings. The second-order valence-electron chi connectivity index (χ2n) is 8.52. The van der Waals surface area contributed by atoms with E-state index in [2.05, 4.69) is 30.6 Å². The van der Waals surface area contributed by atoms with E-state index in [1.54, 1.807) is 0 Å². The Morgan fingerprint density at radius 2 is 1.75 bits per heavy atom. The SMILES string of the molecule is CC1CCC(N2CCN(C(=O)C3CN(C(C)C)C3)C(CO)C2)CC1. The average molecular weight is 338 g/mol. The topological polar surface area (TPSA) is 47.0 Å². The van der Waals surface area contributed by atoms with E-state index in [9.17, 15) is 9.90 Å². The summed E-state index contributed by atoms with van der Waals surface area (Å²) in [5.74, 6) is 1.27. The molecule has 0 radical (unpaired) electrons. The van der Waals surface area contributed by atoms with Crippen LogP contribution in [0.3, 0.4) is 0 Å². The lowest BCUT2D eigenvalue weighted by Crippen LogP contribution is -2.63. The standard InChI is InChI=1S/C19H35N3O2/c1-14(2)21-10-16(11-21)19(24)22-9-8-20(12-18(22)13-23)17-6-4-15(3)5-7-17/h14-18,23H,4-13H2,1-3H3. The maximum Gasteiger partial charge on any atom is 0.228 e.